The van der Waals surface area contributed by atoms with Gasteiger partial charge in [-0.15, -0.1) is 0 Å². The average Bonchev–Trinajstić information content (AvgIpc) is 3.29. The summed E-state index contributed by atoms with van der Waals surface area (Å²) in [6.07, 6.45) is 3.55. The van der Waals surface area contributed by atoms with Gasteiger partial charge in [0, 0.05) is 60.9 Å². The SMILES string of the molecule is O=C(Nc1cc(-c2ccc3[nH]ccc3c2)c[nH]c1=O)c1ccc(N2CCNCC2)cc1. The van der Waals surface area contributed by atoms with Gasteiger partial charge in [0.15, 0.2) is 0 Å². The van der Waals surface area contributed by atoms with Gasteiger partial charge in [0.1, 0.15) is 5.69 Å². The van der Waals surface area contributed by atoms with Crippen LogP contribution >= 0.6 is 0 Å². The number of pyridine rings is 1. The van der Waals surface area contributed by atoms with Gasteiger partial charge in [-0.1, -0.05) is 6.07 Å². The largest absolute Gasteiger partial charge is 0.369 e. The van der Waals surface area contributed by atoms with Crippen LogP contribution in [0.3, 0.4) is 0 Å². The fraction of sp³-hybridized carbons (Fsp3) is 0.167. The number of hydrogen-bond acceptors (Lipinski definition) is 4. The smallest absolute Gasteiger partial charge is 0.271 e. The molecule has 0 bridgehead atoms. The fourth-order valence-electron chi connectivity index (χ4n) is 3.92. The predicted molar refractivity (Wildman–Crippen MR) is 124 cm³/mol. The number of nitrogens with zero attached hydrogens (tertiary/aromatic N) is 1. The van der Waals surface area contributed by atoms with Crippen LogP contribution in [0.5, 0.6) is 0 Å². The van der Waals surface area contributed by atoms with E-state index in [-0.39, 0.29) is 17.2 Å². The molecule has 7 heteroatoms. The second kappa shape index (κ2) is 8.12. The number of anilines is 2. The monoisotopic (exact) mass is 413 g/mol. The molecule has 1 aliphatic heterocycles. The van der Waals surface area contributed by atoms with E-state index in [2.05, 4.69) is 25.5 Å². The van der Waals surface area contributed by atoms with Crippen molar-refractivity contribution in [3.05, 3.63) is 82.9 Å². The van der Waals surface area contributed by atoms with E-state index in [1.165, 1.54) is 0 Å². The number of fused-ring (bicyclic) bond motifs is 1. The first-order chi connectivity index (χ1) is 15.2. The summed E-state index contributed by atoms with van der Waals surface area (Å²) < 4.78 is 0. The molecule has 0 aliphatic carbocycles. The number of rotatable bonds is 4. The Hall–Kier alpha value is -3.84. The quantitative estimate of drug-likeness (QED) is 0.413. The lowest BCUT2D eigenvalue weighted by Crippen LogP contribution is -2.43. The maximum absolute atomic E-state index is 12.8. The first-order valence-electron chi connectivity index (χ1n) is 10.3. The van der Waals surface area contributed by atoms with Crippen LogP contribution in [0.15, 0.2) is 71.8 Å². The summed E-state index contributed by atoms with van der Waals surface area (Å²) >= 11 is 0. The van der Waals surface area contributed by atoms with E-state index >= 15 is 0 Å². The summed E-state index contributed by atoms with van der Waals surface area (Å²) in [5.41, 5.74) is 4.33. The van der Waals surface area contributed by atoms with Crippen molar-refractivity contribution in [2.45, 2.75) is 0 Å². The number of aromatic nitrogens is 2. The standard InChI is InChI=1S/C24H23N5O2/c30-23(16-1-4-20(5-2-16)29-11-9-25-10-12-29)28-22-14-19(15-27-24(22)31)17-3-6-21-18(13-17)7-8-26-21/h1-8,13-15,25-26H,9-12H2,(H,27,31)(H,28,30). The van der Waals surface area contributed by atoms with Crippen molar-refractivity contribution in [2.75, 3.05) is 36.4 Å². The lowest BCUT2D eigenvalue weighted by atomic mass is 10.1. The van der Waals surface area contributed by atoms with Crippen LogP contribution in [0.25, 0.3) is 22.0 Å². The molecule has 1 saturated heterocycles. The van der Waals surface area contributed by atoms with Crippen LogP contribution in [-0.4, -0.2) is 42.1 Å². The summed E-state index contributed by atoms with van der Waals surface area (Å²) in [5.74, 6) is -0.310. The highest BCUT2D eigenvalue weighted by Gasteiger charge is 2.13. The first kappa shape index (κ1) is 19.1. The van der Waals surface area contributed by atoms with Crippen molar-refractivity contribution < 1.29 is 4.79 Å². The average molecular weight is 413 g/mol. The minimum Gasteiger partial charge on any atom is -0.369 e. The summed E-state index contributed by atoms with van der Waals surface area (Å²) in [5, 5.41) is 7.17. The molecule has 156 valence electrons. The van der Waals surface area contributed by atoms with Crippen LogP contribution in [0.4, 0.5) is 11.4 Å². The molecule has 2 aromatic carbocycles. The molecule has 0 radical (unpaired) electrons. The van der Waals surface area contributed by atoms with Gasteiger partial charge in [-0.2, -0.15) is 0 Å². The highest BCUT2D eigenvalue weighted by Crippen LogP contribution is 2.24. The molecule has 3 heterocycles. The van der Waals surface area contributed by atoms with E-state index in [4.69, 9.17) is 0 Å². The Morgan fingerprint density at radius 3 is 2.52 bits per heavy atom. The molecule has 0 atom stereocenters. The van der Waals surface area contributed by atoms with Crippen molar-refractivity contribution >= 4 is 28.2 Å². The number of hydrogen-bond donors (Lipinski definition) is 4. The highest BCUT2D eigenvalue weighted by molar-refractivity contribution is 6.04. The molecular formula is C24H23N5O2. The number of carbonyl (C=O) groups is 1. The zero-order chi connectivity index (χ0) is 21.2. The van der Waals surface area contributed by atoms with Crippen LogP contribution < -0.4 is 21.1 Å². The summed E-state index contributed by atoms with van der Waals surface area (Å²) in [6, 6.07) is 17.2. The third-order valence-electron chi connectivity index (χ3n) is 5.65. The molecule has 0 spiro atoms. The van der Waals surface area contributed by atoms with Gasteiger partial charge >= 0.3 is 0 Å². The van der Waals surface area contributed by atoms with E-state index in [1.54, 1.807) is 24.4 Å². The number of piperazine rings is 1. The molecule has 4 aromatic rings. The van der Waals surface area contributed by atoms with Crippen LogP contribution in [-0.2, 0) is 0 Å². The number of amides is 1. The second-order valence-corrected chi connectivity index (χ2v) is 7.65. The van der Waals surface area contributed by atoms with E-state index < -0.39 is 0 Å². The van der Waals surface area contributed by atoms with Crippen LogP contribution in [0, 0.1) is 0 Å². The fourth-order valence-corrected chi connectivity index (χ4v) is 3.92. The summed E-state index contributed by atoms with van der Waals surface area (Å²) in [4.78, 5) is 33.2. The van der Waals surface area contributed by atoms with Crippen molar-refractivity contribution in [3.8, 4) is 11.1 Å². The topological polar surface area (TPSA) is 93.0 Å². The number of carbonyl (C=O) groups excluding carboxylic acids is 1. The number of benzene rings is 2. The van der Waals surface area contributed by atoms with Gasteiger partial charge in [-0.05, 0) is 59.5 Å². The van der Waals surface area contributed by atoms with Gasteiger partial charge in [0.25, 0.3) is 11.5 Å². The Labute approximate surface area is 179 Å². The van der Waals surface area contributed by atoms with Gasteiger partial charge in [0.05, 0.1) is 0 Å². The summed E-state index contributed by atoms with van der Waals surface area (Å²) in [6.45, 7) is 3.81. The molecule has 1 aliphatic rings. The maximum Gasteiger partial charge on any atom is 0.271 e. The van der Waals surface area contributed by atoms with Crippen molar-refractivity contribution in [2.24, 2.45) is 0 Å². The Balaban J connectivity index is 1.36. The Bertz CT molecular complexity index is 1280. The molecule has 5 rings (SSSR count). The molecule has 4 N–H and O–H groups in total. The second-order valence-electron chi connectivity index (χ2n) is 7.65. The van der Waals surface area contributed by atoms with E-state index in [0.29, 0.717) is 5.56 Å². The van der Waals surface area contributed by atoms with Crippen molar-refractivity contribution in [3.63, 3.8) is 0 Å². The third kappa shape index (κ3) is 3.95. The minimum absolute atomic E-state index is 0.225. The van der Waals surface area contributed by atoms with Crippen molar-refractivity contribution in [1.29, 1.82) is 0 Å². The number of nitrogens with one attached hydrogen (secondary N) is 4. The van der Waals surface area contributed by atoms with E-state index in [0.717, 1.165) is 53.9 Å². The Morgan fingerprint density at radius 2 is 1.71 bits per heavy atom. The first-order valence-corrected chi connectivity index (χ1v) is 10.3. The molecule has 0 unspecified atom stereocenters. The Morgan fingerprint density at radius 1 is 0.903 bits per heavy atom. The van der Waals surface area contributed by atoms with E-state index in [1.807, 2.05) is 42.6 Å². The molecule has 2 aromatic heterocycles. The zero-order valence-electron chi connectivity index (χ0n) is 16.9. The van der Waals surface area contributed by atoms with Gasteiger partial charge in [-0.25, -0.2) is 0 Å². The number of aromatic amines is 2. The molecule has 7 nitrogen and oxygen atoms in total. The normalized spacial score (nSPS) is 14.0. The molecule has 0 saturated carbocycles. The Kier molecular flexibility index (Phi) is 5.01. The third-order valence-corrected chi connectivity index (χ3v) is 5.65. The van der Waals surface area contributed by atoms with Gasteiger partial charge in [-0.3, -0.25) is 9.59 Å². The molecule has 1 fully saturated rings. The molecule has 31 heavy (non-hydrogen) atoms. The van der Waals surface area contributed by atoms with E-state index in [9.17, 15) is 9.59 Å². The zero-order valence-corrected chi connectivity index (χ0v) is 16.9. The molecule has 1 amide bonds. The lowest BCUT2D eigenvalue weighted by molar-refractivity contribution is 0.102. The van der Waals surface area contributed by atoms with Crippen molar-refractivity contribution in [1.82, 2.24) is 15.3 Å². The number of H-pyrrole nitrogens is 2. The molecular weight excluding hydrogens is 390 g/mol. The minimum atomic E-state index is -0.336. The van der Waals surface area contributed by atoms with Crippen LogP contribution in [0.1, 0.15) is 10.4 Å². The summed E-state index contributed by atoms with van der Waals surface area (Å²) in [7, 11) is 0. The van der Waals surface area contributed by atoms with Gasteiger partial charge in [0.2, 0.25) is 0 Å². The predicted octanol–water partition coefficient (Wildman–Crippen LogP) is 3.19. The lowest BCUT2D eigenvalue weighted by Gasteiger charge is -2.29. The van der Waals surface area contributed by atoms with Gasteiger partial charge < -0.3 is 25.5 Å². The van der Waals surface area contributed by atoms with Crippen LogP contribution in [0.2, 0.25) is 0 Å². The maximum atomic E-state index is 12.8. The highest BCUT2D eigenvalue weighted by atomic mass is 16.2.